The average molecular weight is 274 g/mol. The zero-order valence-electron chi connectivity index (χ0n) is 9.87. The third-order valence-electron chi connectivity index (χ3n) is 2.47. The highest BCUT2D eigenvalue weighted by molar-refractivity contribution is 9.10. The van der Waals surface area contributed by atoms with E-state index in [0.717, 1.165) is 10.9 Å². The van der Waals surface area contributed by atoms with Crippen molar-refractivity contribution in [1.29, 1.82) is 0 Å². The summed E-state index contributed by atoms with van der Waals surface area (Å²) in [6.07, 6.45) is 2.85. The van der Waals surface area contributed by atoms with Gasteiger partial charge in [0, 0.05) is 18.0 Å². The van der Waals surface area contributed by atoms with Crippen LogP contribution in [0.15, 0.2) is 10.7 Å². The van der Waals surface area contributed by atoms with Crippen LogP contribution in [0.1, 0.15) is 51.8 Å². The van der Waals surface area contributed by atoms with Crippen molar-refractivity contribution in [3.63, 3.8) is 0 Å². The van der Waals surface area contributed by atoms with E-state index in [-0.39, 0.29) is 6.04 Å². The Kier molecular flexibility index (Phi) is 4.34. The second kappa shape index (κ2) is 5.12. The molecule has 3 nitrogen and oxygen atoms in total. The van der Waals surface area contributed by atoms with Crippen LogP contribution in [-0.2, 0) is 0 Å². The third-order valence-corrected chi connectivity index (χ3v) is 3.08. The van der Waals surface area contributed by atoms with Crippen molar-refractivity contribution in [2.75, 3.05) is 0 Å². The van der Waals surface area contributed by atoms with Crippen LogP contribution in [0.3, 0.4) is 0 Å². The third kappa shape index (κ3) is 3.05. The van der Waals surface area contributed by atoms with Crippen LogP contribution in [0.25, 0.3) is 0 Å². The fourth-order valence-electron chi connectivity index (χ4n) is 1.89. The maximum absolute atomic E-state index is 5.83. The van der Waals surface area contributed by atoms with Crippen LogP contribution in [-0.4, -0.2) is 15.8 Å². The van der Waals surface area contributed by atoms with E-state index in [4.69, 9.17) is 5.73 Å². The van der Waals surface area contributed by atoms with Gasteiger partial charge >= 0.3 is 0 Å². The number of nitrogens with zero attached hydrogens (tertiary/aromatic N) is 2. The van der Waals surface area contributed by atoms with Crippen LogP contribution in [0.4, 0.5) is 0 Å². The fourth-order valence-corrected chi connectivity index (χ4v) is 2.56. The molecular formula is C11H20BrN3. The topological polar surface area (TPSA) is 43.8 Å². The lowest BCUT2D eigenvalue weighted by molar-refractivity contribution is 0.470. The first kappa shape index (κ1) is 12.7. The first-order valence-electron chi connectivity index (χ1n) is 5.42. The van der Waals surface area contributed by atoms with Crippen molar-refractivity contribution < 1.29 is 0 Å². The van der Waals surface area contributed by atoms with Crippen molar-refractivity contribution >= 4 is 15.9 Å². The Labute approximate surface area is 100 Å². The minimum atomic E-state index is 0.224. The molecule has 4 heteroatoms. The smallest absolute Gasteiger partial charge is 0.0635 e. The summed E-state index contributed by atoms with van der Waals surface area (Å²) < 4.78 is 3.15. The predicted octanol–water partition coefficient (Wildman–Crippen LogP) is 3.07. The van der Waals surface area contributed by atoms with E-state index >= 15 is 0 Å². The van der Waals surface area contributed by atoms with E-state index in [2.05, 4.69) is 46.5 Å². The van der Waals surface area contributed by atoms with E-state index in [9.17, 15) is 0 Å². The Balaban J connectivity index is 2.95. The molecule has 2 N–H and O–H groups in total. The highest BCUT2D eigenvalue weighted by atomic mass is 79.9. The van der Waals surface area contributed by atoms with Gasteiger partial charge in [0.1, 0.15) is 0 Å². The van der Waals surface area contributed by atoms with E-state index in [0.29, 0.717) is 12.0 Å². The van der Waals surface area contributed by atoms with E-state index in [1.165, 1.54) is 5.69 Å². The van der Waals surface area contributed by atoms with Gasteiger partial charge in [0.2, 0.25) is 0 Å². The van der Waals surface area contributed by atoms with Gasteiger partial charge in [0.15, 0.2) is 0 Å². The Hall–Kier alpha value is -0.350. The highest BCUT2D eigenvalue weighted by Crippen LogP contribution is 2.29. The minimum Gasteiger partial charge on any atom is -0.328 e. The molecule has 0 saturated heterocycles. The molecule has 15 heavy (non-hydrogen) atoms. The molecule has 0 aliphatic rings. The summed E-state index contributed by atoms with van der Waals surface area (Å²) in [6, 6.07) is 0.615. The Morgan fingerprint density at radius 1 is 1.40 bits per heavy atom. The molecule has 0 saturated carbocycles. The van der Waals surface area contributed by atoms with Gasteiger partial charge in [0.25, 0.3) is 0 Å². The van der Waals surface area contributed by atoms with Crippen molar-refractivity contribution in [3.05, 3.63) is 16.4 Å². The first-order valence-corrected chi connectivity index (χ1v) is 6.21. The van der Waals surface area contributed by atoms with E-state index < -0.39 is 0 Å². The summed E-state index contributed by atoms with van der Waals surface area (Å²) >= 11 is 3.55. The molecule has 2 atom stereocenters. The van der Waals surface area contributed by atoms with Gasteiger partial charge in [-0.05, 0) is 43.1 Å². The molecule has 0 fully saturated rings. The second-order valence-electron chi connectivity index (χ2n) is 4.53. The predicted molar refractivity (Wildman–Crippen MR) is 67.0 cm³/mol. The van der Waals surface area contributed by atoms with Gasteiger partial charge in [-0.2, -0.15) is 5.10 Å². The highest BCUT2D eigenvalue weighted by Gasteiger charge is 2.18. The first-order chi connectivity index (χ1) is 6.93. The quantitative estimate of drug-likeness (QED) is 0.917. The van der Waals surface area contributed by atoms with Gasteiger partial charge in [-0.25, -0.2) is 0 Å². The van der Waals surface area contributed by atoms with Gasteiger partial charge in [-0.15, -0.1) is 0 Å². The van der Waals surface area contributed by atoms with Gasteiger partial charge in [-0.1, -0.05) is 6.92 Å². The summed E-state index contributed by atoms with van der Waals surface area (Å²) in [4.78, 5) is 0. The molecule has 1 rings (SSSR count). The molecule has 1 aromatic heterocycles. The van der Waals surface area contributed by atoms with E-state index in [1.54, 1.807) is 0 Å². The molecule has 0 aliphatic heterocycles. The van der Waals surface area contributed by atoms with Gasteiger partial charge in [-0.3, -0.25) is 4.68 Å². The lowest BCUT2D eigenvalue weighted by Gasteiger charge is -2.18. The monoisotopic (exact) mass is 273 g/mol. The van der Waals surface area contributed by atoms with Crippen molar-refractivity contribution in [1.82, 2.24) is 9.78 Å². The molecule has 86 valence electrons. The van der Waals surface area contributed by atoms with E-state index in [1.807, 2.05) is 13.1 Å². The SMILES string of the molecule is CC(N)CC(C)c1c(Br)cnn1C(C)C. The summed E-state index contributed by atoms with van der Waals surface area (Å²) in [6.45, 7) is 8.52. The molecule has 0 aromatic carbocycles. The van der Waals surface area contributed by atoms with Crippen molar-refractivity contribution in [2.24, 2.45) is 5.73 Å². The van der Waals surface area contributed by atoms with Crippen molar-refractivity contribution in [2.45, 2.75) is 52.1 Å². The summed E-state index contributed by atoms with van der Waals surface area (Å²) in [7, 11) is 0. The fraction of sp³-hybridized carbons (Fsp3) is 0.727. The number of hydrogen-bond acceptors (Lipinski definition) is 2. The maximum Gasteiger partial charge on any atom is 0.0635 e. The molecule has 0 radical (unpaired) electrons. The van der Waals surface area contributed by atoms with Crippen LogP contribution < -0.4 is 5.73 Å². The minimum absolute atomic E-state index is 0.224. The molecule has 1 aromatic rings. The van der Waals surface area contributed by atoms with Crippen molar-refractivity contribution in [3.8, 4) is 0 Å². The number of rotatable bonds is 4. The molecule has 1 heterocycles. The van der Waals surface area contributed by atoms with Crippen LogP contribution in [0.5, 0.6) is 0 Å². The molecule has 2 unspecified atom stereocenters. The summed E-state index contributed by atoms with van der Waals surface area (Å²) in [5, 5.41) is 4.37. The standard InChI is InChI=1S/C11H20BrN3/c1-7(2)15-11(10(12)6-14-15)8(3)5-9(4)13/h6-9H,5,13H2,1-4H3. The van der Waals surface area contributed by atoms with Crippen LogP contribution in [0, 0.1) is 0 Å². The Morgan fingerprint density at radius 3 is 2.47 bits per heavy atom. The zero-order chi connectivity index (χ0) is 11.6. The molecule has 0 amide bonds. The second-order valence-corrected chi connectivity index (χ2v) is 5.38. The maximum atomic E-state index is 5.83. The normalized spacial score (nSPS) is 15.7. The van der Waals surface area contributed by atoms with Gasteiger partial charge < -0.3 is 5.73 Å². The average Bonchev–Trinajstić information content (AvgIpc) is 2.45. The lowest BCUT2D eigenvalue weighted by atomic mass is 9.99. The number of aromatic nitrogens is 2. The number of nitrogens with two attached hydrogens (primary N) is 1. The molecular weight excluding hydrogens is 254 g/mol. The summed E-state index contributed by atoms with van der Waals surface area (Å²) in [5.74, 6) is 0.435. The molecule has 0 bridgehead atoms. The lowest BCUT2D eigenvalue weighted by Crippen LogP contribution is -2.20. The Bertz CT molecular complexity index is 318. The van der Waals surface area contributed by atoms with Crippen LogP contribution >= 0.6 is 15.9 Å². The van der Waals surface area contributed by atoms with Crippen LogP contribution in [0.2, 0.25) is 0 Å². The zero-order valence-corrected chi connectivity index (χ0v) is 11.5. The van der Waals surface area contributed by atoms with Gasteiger partial charge in [0.05, 0.1) is 16.4 Å². The largest absolute Gasteiger partial charge is 0.328 e. The molecule has 0 spiro atoms. The number of halogens is 1. The summed E-state index contributed by atoms with van der Waals surface area (Å²) in [5.41, 5.74) is 7.08. The Morgan fingerprint density at radius 2 is 2.00 bits per heavy atom. The molecule has 0 aliphatic carbocycles. The number of hydrogen-bond donors (Lipinski definition) is 1.